The van der Waals surface area contributed by atoms with Crippen molar-refractivity contribution in [3.8, 4) is 17.2 Å². The zero-order valence-electron chi connectivity index (χ0n) is 18.4. The van der Waals surface area contributed by atoms with Crippen LogP contribution in [-0.2, 0) is 11.3 Å². The van der Waals surface area contributed by atoms with Gasteiger partial charge in [-0.3, -0.25) is 9.69 Å². The molecule has 0 N–H and O–H groups in total. The number of carbonyl (C=O) groups excluding carboxylic acids is 1. The standard InChI is InChI=1S/C26H22ClNO4S2/c1-30-21-8-10-22(11-9-21)31-13-14-32-23-12-7-20(27)15-19(23)16-24-25(29)28(26(33)34-24)17-18-5-3-2-4-6-18/h2-12,15-16H,13-14,17H2,1H3/b24-16-. The number of methoxy groups -OCH3 is 1. The summed E-state index contributed by atoms with van der Waals surface area (Å²) >= 11 is 13.0. The van der Waals surface area contributed by atoms with Gasteiger partial charge in [0.2, 0.25) is 0 Å². The molecule has 34 heavy (non-hydrogen) atoms. The fourth-order valence-corrected chi connectivity index (χ4v) is 4.72. The Hall–Kier alpha value is -3.00. The number of amides is 1. The fraction of sp³-hybridized carbons (Fsp3) is 0.154. The summed E-state index contributed by atoms with van der Waals surface area (Å²) in [6.45, 7) is 1.11. The first kappa shape index (κ1) is 24.1. The second-order valence-corrected chi connectivity index (χ2v) is 9.42. The molecular weight excluding hydrogens is 490 g/mol. The number of rotatable bonds is 9. The van der Waals surface area contributed by atoms with Crippen molar-refractivity contribution in [3.05, 3.63) is 93.9 Å². The second kappa shape index (κ2) is 11.4. The quantitative estimate of drug-likeness (QED) is 0.193. The second-order valence-electron chi connectivity index (χ2n) is 7.31. The van der Waals surface area contributed by atoms with Crippen molar-refractivity contribution in [1.29, 1.82) is 0 Å². The largest absolute Gasteiger partial charge is 0.497 e. The van der Waals surface area contributed by atoms with Gasteiger partial charge >= 0.3 is 0 Å². The van der Waals surface area contributed by atoms with E-state index in [2.05, 4.69) is 0 Å². The number of nitrogens with zero attached hydrogens (tertiary/aromatic N) is 1. The number of thiocarbonyl (C=S) groups is 1. The SMILES string of the molecule is COc1ccc(OCCOc2ccc(Cl)cc2/C=C2\SC(=S)N(Cc3ccccc3)C2=O)cc1. The number of ether oxygens (including phenoxy) is 3. The van der Waals surface area contributed by atoms with Crippen LogP contribution in [0.4, 0.5) is 0 Å². The molecule has 0 atom stereocenters. The summed E-state index contributed by atoms with van der Waals surface area (Å²) in [4.78, 5) is 15.2. The van der Waals surface area contributed by atoms with Gasteiger partial charge in [-0.15, -0.1) is 0 Å². The first-order valence-corrected chi connectivity index (χ1v) is 12.1. The van der Waals surface area contributed by atoms with Crippen LogP contribution in [0.2, 0.25) is 5.02 Å². The highest BCUT2D eigenvalue weighted by molar-refractivity contribution is 8.26. The molecule has 174 valence electrons. The molecular formula is C26H22ClNO4S2. The predicted molar refractivity (Wildman–Crippen MR) is 141 cm³/mol. The molecule has 0 saturated carbocycles. The molecule has 1 heterocycles. The van der Waals surface area contributed by atoms with Gasteiger partial charge in [-0.25, -0.2) is 0 Å². The van der Waals surface area contributed by atoms with Crippen LogP contribution < -0.4 is 14.2 Å². The molecule has 1 aliphatic heterocycles. The van der Waals surface area contributed by atoms with E-state index in [4.69, 9.17) is 38.0 Å². The Labute approximate surface area is 213 Å². The Morgan fingerprint density at radius 2 is 1.68 bits per heavy atom. The zero-order chi connectivity index (χ0) is 23.9. The van der Waals surface area contributed by atoms with E-state index in [0.717, 1.165) is 17.1 Å². The lowest BCUT2D eigenvalue weighted by Gasteiger charge is -2.14. The topological polar surface area (TPSA) is 48.0 Å². The van der Waals surface area contributed by atoms with E-state index in [0.29, 0.717) is 45.3 Å². The maximum Gasteiger partial charge on any atom is 0.266 e. The monoisotopic (exact) mass is 511 g/mol. The van der Waals surface area contributed by atoms with Crippen LogP contribution in [0.15, 0.2) is 77.7 Å². The van der Waals surface area contributed by atoms with Crippen molar-refractivity contribution >= 4 is 51.9 Å². The number of carbonyl (C=O) groups is 1. The van der Waals surface area contributed by atoms with Crippen LogP contribution in [-0.4, -0.2) is 35.5 Å². The van der Waals surface area contributed by atoms with Crippen molar-refractivity contribution in [2.75, 3.05) is 20.3 Å². The Bertz CT molecular complexity index is 1200. The zero-order valence-corrected chi connectivity index (χ0v) is 20.8. The molecule has 1 amide bonds. The fourth-order valence-electron chi connectivity index (χ4n) is 3.29. The van der Waals surface area contributed by atoms with Gasteiger partial charge in [0.1, 0.15) is 34.8 Å². The van der Waals surface area contributed by atoms with Crippen LogP contribution in [0.3, 0.4) is 0 Å². The van der Waals surface area contributed by atoms with Gasteiger partial charge in [-0.1, -0.05) is 65.9 Å². The Kier molecular flexibility index (Phi) is 8.11. The van der Waals surface area contributed by atoms with Gasteiger partial charge < -0.3 is 14.2 Å². The highest BCUT2D eigenvalue weighted by atomic mass is 35.5. The average molecular weight is 512 g/mol. The number of hydrogen-bond donors (Lipinski definition) is 0. The molecule has 8 heteroatoms. The van der Waals surface area contributed by atoms with Crippen molar-refractivity contribution in [2.45, 2.75) is 6.54 Å². The average Bonchev–Trinajstić information content (AvgIpc) is 3.11. The summed E-state index contributed by atoms with van der Waals surface area (Å²) in [5.41, 5.74) is 1.72. The molecule has 0 aromatic heterocycles. The van der Waals surface area contributed by atoms with Crippen molar-refractivity contribution in [1.82, 2.24) is 4.90 Å². The molecule has 1 saturated heterocycles. The summed E-state index contributed by atoms with van der Waals surface area (Å²) in [6.07, 6.45) is 1.77. The summed E-state index contributed by atoms with van der Waals surface area (Å²) in [6, 6.07) is 22.4. The maximum atomic E-state index is 13.0. The van der Waals surface area contributed by atoms with E-state index >= 15 is 0 Å². The molecule has 0 spiro atoms. The molecule has 3 aromatic rings. The predicted octanol–water partition coefficient (Wildman–Crippen LogP) is 6.21. The minimum absolute atomic E-state index is 0.132. The third kappa shape index (κ3) is 6.11. The summed E-state index contributed by atoms with van der Waals surface area (Å²) in [5, 5.41) is 0.549. The van der Waals surface area contributed by atoms with Gasteiger partial charge in [0.15, 0.2) is 0 Å². The summed E-state index contributed by atoms with van der Waals surface area (Å²) in [7, 11) is 1.62. The number of thioether (sulfide) groups is 1. The number of benzene rings is 3. The first-order chi connectivity index (χ1) is 16.5. The van der Waals surface area contributed by atoms with E-state index < -0.39 is 0 Å². The lowest BCUT2D eigenvalue weighted by molar-refractivity contribution is -0.122. The normalized spacial score (nSPS) is 14.5. The molecule has 0 bridgehead atoms. The molecule has 0 aliphatic carbocycles. The van der Waals surface area contributed by atoms with E-state index in [1.54, 1.807) is 36.3 Å². The van der Waals surface area contributed by atoms with Gasteiger partial charge in [0.05, 0.1) is 18.6 Å². The van der Waals surface area contributed by atoms with Crippen molar-refractivity contribution in [2.24, 2.45) is 0 Å². The van der Waals surface area contributed by atoms with Crippen molar-refractivity contribution < 1.29 is 19.0 Å². The highest BCUT2D eigenvalue weighted by Crippen LogP contribution is 2.36. The number of halogens is 1. The van der Waals surface area contributed by atoms with Crippen LogP contribution in [0.1, 0.15) is 11.1 Å². The summed E-state index contributed by atoms with van der Waals surface area (Å²) < 4.78 is 17.3. The van der Waals surface area contributed by atoms with Gasteiger partial charge in [-0.2, -0.15) is 0 Å². The minimum atomic E-state index is -0.132. The molecule has 4 rings (SSSR count). The Morgan fingerprint density at radius 3 is 2.41 bits per heavy atom. The Balaban J connectivity index is 1.42. The lowest BCUT2D eigenvalue weighted by Crippen LogP contribution is -2.27. The van der Waals surface area contributed by atoms with Crippen LogP contribution in [0.25, 0.3) is 6.08 Å². The highest BCUT2D eigenvalue weighted by Gasteiger charge is 2.32. The van der Waals surface area contributed by atoms with Gasteiger partial charge in [-0.05, 0) is 54.1 Å². The van der Waals surface area contributed by atoms with E-state index in [-0.39, 0.29) is 5.91 Å². The lowest BCUT2D eigenvalue weighted by atomic mass is 10.1. The maximum absolute atomic E-state index is 13.0. The van der Waals surface area contributed by atoms with Crippen molar-refractivity contribution in [3.63, 3.8) is 0 Å². The summed E-state index contributed by atoms with van der Waals surface area (Å²) in [5.74, 6) is 1.97. The molecule has 0 radical (unpaired) electrons. The molecule has 0 unspecified atom stereocenters. The Morgan fingerprint density at radius 1 is 0.971 bits per heavy atom. The van der Waals surface area contributed by atoms with E-state index in [1.165, 1.54) is 11.8 Å². The van der Waals surface area contributed by atoms with Crippen LogP contribution in [0, 0.1) is 0 Å². The molecule has 3 aromatic carbocycles. The molecule has 1 aliphatic rings. The van der Waals surface area contributed by atoms with E-state index in [1.807, 2.05) is 54.6 Å². The van der Waals surface area contributed by atoms with Crippen LogP contribution in [0.5, 0.6) is 17.2 Å². The van der Waals surface area contributed by atoms with Crippen LogP contribution >= 0.6 is 35.6 Å². The third-order valence-corrected chi connectivity index (χ3v) is 6.60. The third-order valence-electron chi connectivity index (χ3n) is 4.98. The minimum Gasteiger partial charge on any atom is -0.497 e. The van der Waals surface area contributed by atoms with E-state index in [9.17, 15) is 4.79 Å². The smallest absolute Gasteiger partial charge is 0.266 e. The number of hydrogen-bond acceptors (Lipinski definition) is 6. The molecule has 5 nitrogen and oxygen atoms in total. The molecule has 1 fully saturated rings. The first-order valence-electron chi connectivity index (χ1n) is 10.5. The van der Waals surface area contributed by atoms with Gasteiger partial charge in [0.25, 0.3) is 5.91 Å². The van der Waals surface area contributed by atoms with Gasteiger partial charge in [0, 0.05) is 10.6 Å².